The fourth-order valence-corrected chi connectivity index (χ4v) is 2.31. The van der Waals surface area contributed by atoms with Crippen LogP contribution in [0.5, 0.6) is 5.75 Å². The average molecular weight is 258 g/mol. The first-order chi connectivity index (χ1) is 9.02. The van der Waals surface area contributed by atoms with Gasteiger partial charge >= 0.3 is 5.63 Å². The van der Waals surface area contributed by atoms with E-state index < -0.39 is 0 Å². The van der Waals surface area contributed by atoms with Crippen LogP contribution in [0.4, 0.5) is 0 Å². The fourth-order valence-electron chi connectivity index (χ4n) is 2.31. The predicted octanol–water partition coefficient (Wildman–Crippen LogP) is 3.47. The van der Waals surface area contributed by atoms with E-state index in [1.165, 1.54) is 0 Å². The molecule has 2 aromatic heterocycles. The Bertz CT molecular complexity index is 852. The molecule has 19 heavy (non-hydrogen) atoms. The molecule has 0 unspecified atom stereocenters. The van der Waals surface area contributed by atoms with Crippen LogP contribution in [0.1, 0.15) is 16.9 Å². The first kappa shape index (κ1) is 11.8. The molecule has 0 fully saturated rings. The molecule has 0 aliphatic heterocycles. The lowest BCUT2D eigenvalue weighted by Crippen LogP contribution is -2.02. The smallest absolute Gasteiger partial charge is 0.339 e. The molecule has 0 radical (unpaired) electrons. The van der Waals surface area contributed by atoms with Gasteiger partial charge in [0.25, 0.3) is 0 Å². The maximum absolute atomic E-state index is 11.7. The van der Waals surface area contributed by atoms with Crippen LogP contribution in [0.3, 0.4) is 0 Å². The number of aryl methyl sites for hydroxylation is 3. The van der Waals surface area contributed by atoms with Gasteiger partial charge in [0, 0.05) is 16.3 Å². The molecule has 0 aliphatic rings. The fraction of sp³-hybridized carbons (Fsp3) is 0.267. The van der Waals surface area contributed by atoms with Crippen molar-refractivity contribution in [1.82, 2.24) is 0 Å². The van der Waals surface area contributed by atoms with E-state index in [-0.39, 0.29) is 5.63 Å². The van der Waals surface area contributed by atoms with E-state index >= 15 is 0 Å². The highest BCUT2D eigenvalue weighted by atomic mass is 16.5. The lowest BCUT2D eigenvalue weighted by atomic mass is 10.1. The average Bonchev–Trinajstić information content (AvgIpc) is 2.65. The van der Waals surface area contributed by atoms with Gasteiger partial charge in [-0.3, -0.25) is 0 Å². The van der Waals surface area contributed by atoms with Crippen LogP contribution in [-0.2, 0) is 0 Å². The summed E-state index contributed by atoms with van der Waals surface area (Å²) < 4.78 is 16.4. The van der Waals surface area contributed by atoms with Crippen molar-refractivity contribution >= 4 is 21.9 Å². The van der Waals surface area contributed by atoms with Gasteiger partial charge in [0.2, 0.25) is 5.75 Å². The molecule has 0 spiro atoms. The lowest BCUT2D eigenvalue weighted by Gasteiger charge is -2.05. The van der Waals surface area contributed by atoms with Gasteiger partial charge in [-0.1, -0.05) is 0 Å². The minimum atomic E-state index is -0.356. The van der Waals surface area contributed by atoms with Crippen molar-refractivity contribution in [2.24, 2.45) is 0 Å². The number of hydrogen-bond donors (Lipinski definition) is 0. The molecule has 0 atom stereocenters. The standard InChI is InChI=1S/C15H14O4/c1-7-5-10-6-11-8(2)9(3)18-13(11)14(17-4)12(10)19-15(7)16/h5-6H,1-4H3. The highest BCUT2D eigenvalue weighted by molar-refractivity contribution is 6.01. The summed E-state index contributed by atoms with van der Waals surface area (Å²) >= 11 is 0. The Labute approximate surface area is 109 Å². The van der Waals surface area contributed by atoms with Crippen molar-refractivity contribution in [2.45, 2.75) is 20.8 Å². The van der Waals surface area contributed by atoms with Crippen molar-refractivity contribution in [1.29, 1.82) is 0 Å². The summed E-state index contributed by atoms with van der Waals surface area (Å²) in [5.41, 5.74) is 2.34. The normalized spacial score (nSPS) is 11.4. The van der Waals surface area contributed by atoms with Crippen LogP contribution < -0.4 is 10.4 Å². The third kappa shape index (κ3) is 1.56. The van der Waals surface area contributed by atoms with Gasteiger partial charge in [-0.05, 0) is 38.5 Å². The van der Waals surface area contributed by atoms with Crippen LogP contribution in [0.25, 0.3) is 21.9 Å². The zero-order chi connectivity index (χ0) is 13.7. The number of furan rings is 1. The minimum absolute atomic E-state index is 0.356. The van der Waals surface area contributed by atoms with Gasteiger partial charge in [0.05, 0.1) is 7.11 Å². The summed E-state index contributed by atoms with van der Waals surface area (Å²) in [5.74, 6) is 1.31. The first-order valence-electron chi connectivity index (χ1n) is 6.04. The third-order valence-electron chi connectivity index (χ3n) is 3.50. The number of fused-ring (bicyclic) bond motifs is 2. The maximum Gasteiger partial charge on any atom is 0.339 e. The van der Waals surface area contributed by atoms with Gasteiger partial charge in [0.1, 0.15) is 5.76 Å². The van der Waals surface area contributed by atoms with Crippen molar-refractivity contribution in [3.8, 4) is 5.75 Å². The number of hydrogen-bond acceptors (Lipinski definition) is 4. The molecule has 1 aromatic carbocycles. The quantitative estimate of drug-likeness (QED) is 0.627. The molecular weight excluding hydrogens is 244 g/mol. The molecular formula is C15H14O4. The van der Waals surface area contributed by atoms with E-state index in [1.807, 2.05) is 26.0 Å². The lowest BCUT2D eigenvalue weighted by molar-refractivity contribution is 0.401. The van der Waals surface area contributed by atoms with Crippen molar-refractivity contribution < 1.29 is 13.6 Å². The summed E-state index contributed by atoms with van der Waals surface area (Å²) in [4.78, 5) is 11.7. The Morgan fingerprint density at radius 2 is 1.79 bits per heavy atom. The van der Waals surface area contributed by atoms with E-state index in [2.05, 4.69) is 0 Å². The third-order valence-corrected chi connectivity index (χ3v) is 3.50. The second-order valence-electron chi connectivity index (χ2n) is 4.70. The summed E-state index contributed by atoms with van der Waals surface area (Å²) in [6.45, 7) is 5.63. The summed E-state index contributed by atoms with van der Waals surface area (Å²) in [6, 6.07) is 3.78. The van der Waals surface area contributed by atoms with Gasteiger partial charge in [-0.15, -0.1) is 0 Å². The summed E-state index contributed by atoms with van der Waals surface area (Å²) in [5, 5.41) is 1.82. The molecule has 0 aliphatic carbocycles. The SMILES string of the molecule is COc1c2oc(=O)c(C)cc2cc2c(C)c(C)oc12. The molecule has 4 nitrogen and oxygen atoms in total. The van der Waals surface area contributed by atoms with Crippen LogP contribution in [0, 0.1) is 20.8 Å². The van der Waals surface area contributed by atoms with Gasteiger partial charge < -0.3 is 13.6 Å². The van der Waals surface area contributed by atoms with E-state index in [0.717, 1.165) is 22.1 Å². The predicted molar refractivity (Wildman–Crippen MR) is 73.0 cm³/mol. The van der Waals surface area contributed by atoms with E-state index in [4.69, 9.17) is 13.6 Å². The second-order valence-corrected chi connectivity index (χ2v) is 4.70. The molecule has 2 heterocycles. The molecule has 0 bridgehead atoms. The Morgan fingerprint density at radius 3 is 2.47 bits per heavy atom. The van der Waals surface area contributed by atoms with E-state index in [0.29, 0.717) is 22.5 Å². The van der Waals surface area contributed by atoms with E-state index in [9.17, 15) is 4.79 Å². The maximum atomic E-state index is 11.7. The zero-order valence-corrected chi connectivity index (χ0v) is 11.3. The van der Waals surface area contributed by atoms with Crippen LogP contribution in [-0.4, -0.2) is 7.11 Å². The van der Waals surface area contributed by atoms with Crippen molar-refractivity contribution in [3.05, 3.63) is 39.4 Å². The van der Waals surface area contributed by atoms with E-state index in [1.54, 1.807) is 14.0 Å². The Hall–Kier alpha value is -2.23. The van der Waals surface area contributed by atoms with Gasteiger partial charge in [-0.25, -0.2) is 4.79 Å². The molecule has 4 heteroatoms. The molecule has 0 amide bonds. The molecule has 0 N–H and O–H groups in total. The highest BCUT2D eigenvalue weighted by Gasteiger charge is 2.18. The Kier molecular flexibility index (Phi) is 2.42. The number of benzene rings is 1. The van der Waals surface area contributed by atoms with Crippen molar-refractivity contribution in [2.75, 3.05) is 7.11 Å². The number of rotatable bonds is 1. The van der Waals surface area contributed by atoms with Crippen molar-refractivity contribution in [3.63, 3.8) is 0 Å². The van der Waals surface area contributed by atoms with Crippen LogP contribution in [0.2, 0.25) is 0 Å². The highest BCUT2D eigenvalue weighted by Crippen LogP contribution is 2.38. The number of methoxy groups -OCH3 is 1. The zero-order valence-electron chi connectivity index (χ0n) is 11.3. The minimum Gasteiger partial charge on any atom is -0.490 e. The second kappa shape index (κ2) is 3.88. The summed E-state index contributed by atoms with van der Waals surface area (Å²) in [7, 11) is 1.54. The van der Waals surface area contributed by atoms with Gasteiger partial charge in [0.15, 0.2) is 11.2 Å². The largest absolute Gasteiger partial charge is 0.490 e. The topological polar surface area (TPSA) is 52.6 Å². The molecule has 98 valence electrons. The van der Waals surface area contributed by atoms with Crippen LogP contribution in [0.15, 0.2) is 25.8 Å². The molecule has 0 saturated carbocycles. The number of ether oxygens (including phenoxy) is 1. The molecule has 3 rings (SSSR count). The first-order valence-corrected chi connectivity index (χ1v) is 6.04. The van der Waals surface area contributed by atoms with Gasteiger partial charge in [-0.2, -0.15) is 0 Å². The monoisotopic (exact) mass is 258 g/mol. The molecule has 0 saturated heterocycles. The molecule has 3 aromatic rings. The van der Waals surface area contributed by atoms with Crippen LogP contribution >= 0.6 is 0 Å². The summed E-state index contributed by atoms with van der Waals surface area (Å²) in [6.07, 6.45) is 0. The Morgan fingerprint density at radius 1 is 1.05 bits per heavy atom. The Balaban J connectivity index is 2.60.